The average molecular weight is 226 g/mol. The van der Waals surface area contributed by atoms with Gasteiger partial charge in [0.05, 0.1) is 6.04 Å². The fourth-order valence-electron chi connectivity index (χ4n) is 2.42. The molecule has 3 nitrogen and oxygen atoms in total. The lowest BCUT2D eigenvalue weighted by atomic mass is 9.96. The van der Waals surface area contributed by atoms with Crippen LogP contribution in [0.2, 0.25) is 0 Å². The number of rotatable bonds is 1. The number of hydrogen-bond donors (Lipinski definition) is 2. The number of hydrogen-bond acceptors (Lipinski definition) is 1. The van der Waals surface area contributed by atoms with Crippen molar-refractivity contribution in [1.29, 1.82) is 0 Å². The molecule has 0 saturated carbocycles. The van der Waals surface area contributed by atoms with Crippen molar-refractivity contribution in [2.24, 2.45) is 0 Å². The zero-order chi connectivity index (χ0) is 11.8. The van der Waals surface area contributed by atoms with Crippen LogP contribution >= 0.6 is 0 Å². The molecule has 2 aromatic rings. The Labute approximate surface area is 99.8 Å². The van der Waals surface area contributed by atoms with Crippen molar-refractivity contribution in [1.82, 2.24) is 10.6 Å². The number of urea groups is 1. The zero-order valence-corrected chi connectivity index (χ0v) is 9.66. The Balaban J connectivity index is 2.17. The van der Waals surface area contributed by atoms with E-state index < -0.39 is 0 Å². The van der Waals surface area contributed by atoms with Crippen molar-refractivity contribution in [2.75, 3.05) is 6.54 Å². The van der Waals surface area contributed by atoms with Crippen molar-refractivity contribution in [2.45, 2.75) is 13.0 Å². The van der Waals surface area contributed by atoms with E-state index in [0.29, 0.717) is 6.54 Å². The molecule has 0 unspecified atom stereocenters. The molecule has 1 atom stereocenters. The van der Waals surface area contributed by atoms with Crippen LogP contribution in [0.1, 0.15) is 17.2 Å². The molecule has 1 saturated heterocycles. The van der Waals surface area contributed by atoms with Crippen LogP contribution in [0.5, 0.6) is 0 Å². The number of aryl methyl sites for hydroxylation is 1. The Morgan fingerprint density at radius 3 is 2.59 bits per heavy atom. The van der Waals surface area contributed by atoms with E-state index in [1.54, 1.807) is 0 Å². The number of fused-ring (bicyclic) bond motifs is 1. The van der Waals surface area contributed by atoms with E-state index in [-0.39, 0.29) is 12.1 Å². The number of carbonyl (C=O) groups excluding carboxylic acids is 1. The highest BCUT2D eigenvalue weighted by molar-refractivity contribution is 5.90. The Morgan fingerprint density at radius 2 is 1.88 bits per heavy atom. The van der Waals surface area contributed by atoms with Gasteiger partial charge in [0.25, 0.3) is 0 Å². The van der Waals surface area contributed by atoms with E-state index in [1.165, 1.54) is 21.9 Å². The van der Waals surface area contributed by atoms with Crippen molar-refractivity contribution in [3.63, 3.8) is 0 Å². The molecule has 1 aliphatic rings. The minimum atomic E-state index is -0.0837. The first kappa shape index (κ1) is 10.1. The Kier molecular flexibility index (Phi) is 2.25. The lowest BCUT2D eigenvalue weighted by Gasteiger charge is -2.13. The first-order valence-corrected chi connectivity index (χ1v) is 5.78. The summed E-state index contributed by atoms with van der Waals surface area (Å²) in [5.74, 6) is 0. The third kappa shape index (κ3) is 1.64. The predicted molar refractivity (Wildman–Crippen MR) is 68.0 cm³/mol. The molecule has 2 amide bonds. The SMILES string of the molecule is Cc1ccc([C@H]2CNC(=O)N2)c2ccccc12. The predicted octanol–water partition coefficient (Wildman–Crippen LogP) is 2.50. The first-order valence-electron chi connectivity index (χ1n) is 5.78. The summed E-state index contributed by atoms with van der Waals surface area (Å²) >= 11 is 0. The molecule has 0 aliphatic carbocycles. The maximum Gasteiger partial charge on any atom is 0.315 e. The minimum absolute atomic E-state index is 0.0769. The standard InChI is InChI=1S/C14H14N2O/c1-9-6-7-12(13-8-15-14(17)16-13)11-5-3-2-4-10(9)11/h2-7,13H,8H2,1H3,(H2,15,16,17)/t13-/m1/s1. The molecule has 86 valence electrons. The molecule has 0 bridgehead atoms. The van der Waals surface area contributed by atoms with Gasteiger partial charge in [-0.2, -0.15) is 0 Å². The molecule has 0 spiro atoms. The number of benzene rings is 2. The molecule has 3 rings (SSSR count). The molecule has 0 aromatic heterocycles. The van der Waals surface area contributed by atoms with E-state index in [1.807, 2.05) is 12.1 Å². The molecule has 0 radical (unpaired) electrons. The molecule has 1 aliphatic heterocycles. The average Bonchev–Trinajstić information content (AvgIpc) is 2.77. The second kappa shape index (κ2) is 3.77. The maximum atomic E-state index is 11.2. The normalized spacial score (nSPS) is 19.1. The van der Waals surface area contributed by atoms with Crippen LogP contribution in [-0.4, -0.2) is 12.6 Å². The quantitative estimate of drug-likeness (QED) is 0.770. The second-order valence-electron chi connectivity index (χ2n) is 4.42. The smallest absolute Gasteiger partial charge is 0.315 e. The Bertz CT molecular complexity index is 592. The number of nitrogens with one attached hydrogen (secondary N) is 2. The number of amides is 2. The van der Waals surface area contributed by atoms with Gasteiger partial charge in [-0.25, -0.2) is 4.79 Å². The van der Waals surface area contributed by atoms with Gasteiger partial charge in [-0.1, -0.05) is 36.4 Å². The Hall–Kier alpha value is -2.03. The monoisotopic (exact) mass is 226 g/mol. The van der Waals surface area contributed by atoms with Crippen LogP contribution < -0.4 is 10.6 Å². The van der Waals surface area contributed by atoms with E-state index in [0.717, 1.165) is 0 Å². The fourth-order valence-corrected chi connectivity index (χ4v) is 2.42. The van der Waals surface area contributed by atoms with E-state index in [9.17, 15) is 4.79 Å². The lowest BCUT2D eigenvalue weighted by molar-refractivity contribution is 0.247. The van der Waals surface area contributed by atoms with Crippen LogP contribution in [0.25, 0.3) is 10.8 Å². The van der Waals surface area contributed by atoms with Gasteiger partial charge >= 0.3 is 6.03 Å². The third-order valence-electron chi connectivity index (χ3n) is 3.32. The highest BCUT2D eigenvalue weighted by atomic mass is 16.2. The summed E-state index contributed by atoms with van der Waals surface area (Å²) < 4.78 is 0. The van der Waals surface area contributed by atoms with Gasteiger partial charge in [-0.15, -0.1) is 0 Å². The first-order chi connectivity index (χ1) is 8.25. The summed E-state index contributed by atoms with van der Waals surface area (Å²) in [5.41, 5.74) is 2.45. The molecule has 1 fully saturated rings. The molecular weight excluding hydrogens is 212 g/mol. The second-order valence-corrected chi connectivity index (χ2v) is 4.42. The summed E-state index contributed by atoms with van der Waals surface area (Å²) in [6, 6.07) is 12.5. The topological polar surface area (TPSA) is 41.1 Å². The van der Waals surface area contributed by atoms with E-state index in [4.69, 9.17) is 0 Å². The van der Waals surface area contributed by atoms with Gasteiger partial charge in [0, 0.05) is 6.54 Å². The molecule has 2 N–H and O–H groups in total. The van der Waals surface area contributed by atoms with Crippen LogP contribution in [0.15, 0.2) is 36.4 Å². The third-order valence-corrected chi connectivity index (χ3v) is 3.32. The largest absolute Gasteiger partial charge is 0.336 e. The summed E-state index contributed by atoms with van der Waals surface area (Å²) in [4.78, 5) is 11.2. The van der Waals surface area contributed by atoms with Crippen LogP contribution in [-0.2, 0) is 0 Å². The molecular formula is C14H14N2O. The molecule has 17 heavy (non-hydrogen) atoms. The van der Waals surface area contributed by atoms with Crippen LogP contribution in [0, 0.1) is 6.92 Å². The molecule has 2 aromatic carbocycles. The van der Waals surface area contributed by atoms with E-state index in [2.05, 4.69) is 41.8 Å². The van der Waals surface area contributed by atoms with Gasteiger partial charge in [0.15, 0.2) is 0 Å². The van der Waals surface area contributed by atoms with Crippen LogP contribution in [0.3, 0.4) is 0 Å². The van der Waals surface area contributed by atoms with Gasteiger partial charge in [-0.3, -0.25) is 0 Å². The summed E-state index contributed by atoms with van der Waals surface area (Å²) in [5, 5.41) is 8.21. The summed E-state index contributed by atoms with van der Waals surface area (Å²) in [6.45, 7) is 2.77. The maximum absolute atomic E-state index is 11.2. The lowest BCUT2D eigenvalue weighted by Crippen LogP contribution is -2.21. The molecule has 3 heteroatoms. The minimum Gasteiger partial charge on any atom is -0.336 e. The fraction of sp³-hybridized carbons (Fsp3) is 0.214. The highest BCUT2D eigenvalue weighted by Crippen LogP contribution is 2.27. The van der Waals surface area contributed by atoms with Crippen molar-refractivity contribution in [3.05, 3.63) is 47.5 Å². The number of carbonyl (C=O) groups is 1. The zero-order valence-electron chi connectivity index (χ0n) is 9.66. The van der Waals surface area contributed by atoms with Gasteiger partial charge in [0.2, 0.25) is 0 Å². The highest BCUT2D eigenvalue weighted by Gasteiger charge is 2.23. The summed E-state index contributed by atoms with van der Waals surface area (Å²) in [6.07, 6.45) is 0. The van der Waals surface area contributed by atoms with Gasteiger partial charge in [-0.05, 0) is 28.8 Å². The van der Waals surface area contributed by atoms with Crippen molar-refractivity contribution < 1.29 is 4.79 Å². The van der Waals surface area contributed by atoms with Gasteiger partial charge < -0.3 is 10.6 Å². The summed E-state index contributed by atoms with van der Waals surface area (Å²) in [7, 11) is 0. The van der Waals surface area contributed by atoms with Crippen molar-refractivity contribution >= 4 is 16.8 Å². The van der Waals surface area contributed by atoms with Crippen LogP contribution in [0.4, 0.5) is 4.79 Å². The van der Waals surface area contributed by atoms with E-state index >= 15 is 0 Å². The molecule has 1 heterocycles. The van der Waals surface area contributed by atoms with Crippen molar-refractivity contribution in [3.8, 4) is 0 Å². The van der Waals surface area contributed by atoms with Gasteiger partial charge in [0.1, 0.15) is 0 Å². The Morgan fingerprint density at radius 1 is 1.12 bits per heavy atom.